The molecule has 11 heteroatoms. The van der Waals surface area contributed by atoms with Gasteiger partial charge >= 0.3 is 0 Å². The summed E-state index contributed by atoms with van der Waals surface area (Å²) < 4.78 is 57.3. The smallest absolute Gasteiger partial charge is 0.243 e. The molecule has 0 spiro atoms. The first-order valence-electron chi connectivity index (χ1n) is 15.0. The quantitative estimate of drug-likeness (QED) is 0.290. The van der Waals surface area contributed by atoms with Gasteiger partial charge < -0.3 is 4.90 Å². The van der Waals surface area contributed by atoms with Crippen LogP contribution in [0.2, 0.25) is 0 Å². The number of carbonyl (C=O) groups excluding carboxylic acids is 1. The standard InChI is InChI=1S/C34H36N4O5S2/c39-34(36-23-21-35(22-24-36)33(28-13-5-1-6-14-28)29-15-7-2-8-16-29)32-27-37(44(40,41)30-17-9-3-10-18-30)25-26-38(32)45(42,43)31-19-11-4-12-20-31/h1-20,32-33H,21-27H2/t32-/m0/s1. The van der Waals surface area contributed by atoms with E-state index in [0.29, 0.717) is 26.2 Å². The molecule has 9 nitrogen and oxygen atoms in total. The van der Waals surface area contributed by atoms with Crippen LogP contribution in [0.3, 0.4) is 0 Å². The third-order valence-electron chi connectivity index (χ3n) is 8.53. The van der Waals surface area contributed by atoms with Crippen molar-refractivity contribution >= 4 is 26.0 Å². The second kappa shape index (κ2) is 13.2. The normalized spacial score (nSPS) is 19.0. The minimum atomic E-state index is -4.07. The van der Waals surface area contributed by atoms with Crippen LogP contribution in [-0.4, -0.2) is 93.0 Å². The molecule has 0 aromatic heterocycles. The van der Waals surface area contributed by atoms with E-state index in [1.54, 1.807) is 41.3 Å². The number of hydrogen-bond acceptors (Lipinski definition) is 6. The molecule has 0 N–H and O–H groups in total. The second-order valence-electron chi connectivity index (χ2n) is 11.2. The molecular weight excluding hydrogens is 609 g/mol. The number of piperazine rings is 2. The molecule has 0 saturated carbocycles. The van der Waals surface area contributed by atoms with Gasteiger partial charge in [-0.25, -0.2) is 16.8 Å². The van der Waals surface area contributed by atoms with E-state index < -0.39 is 32.0 Å². The van der Waals surface area contributed by atoms with Gasteiger partial charge in [0.25, 0.3) is 0 Å². The molecule has 2 aliphatic rings. The molecule has 2 fully saturated rings. The summed E-state index contributed by atoms with van der Waals surface area (Å²) in [7, 11) is -8.01. The number of amides is 1. The van der Waals surface area contributed by atoms with E-state index in [-0.39, 0.29) is 35.5 Å². The Hall–Kier alpha value is -3.87. The molecule has 1 amide bonds. The SMILES string of the molecule is O=C([C@@H]1CN(S(=O)(=O)c2ccccc2)CCN1S(=O)(=O)c1ccccc1)N1CCN(C(c2ccccc2)c2ccccc2)CC1. The lowest BCUT2D eigenvalue weighted by Gasteiger charge is -2.44. The maximum atomic E-state index is 14.2. The Morgan fingerprint density at radius 1 is 0.556 bits per heavy atom. The number of hydrogen-bond donors (Lipinski definition) is 0. The summed E-state index contributed by atoms with van der Waals surface area (Å²) in [5.74, 6) is -0.391. The van der Waals surface area contributed by atoms with Crippen molar-refractivity contribution < 1.29 is 21.6 Å². The molecule has 234 valence electrons. The first-order chi connectivity index (χ1) is 21.8. The summed E-state index contributed by atoms with van der Waals surface area (Å²) in [5.41, 5.74) is 2.30. The van der Waals surface area contributed by atoms with Gasteiger partial charge in [0.1, 0.15) is 6.04 Å². The molecule has 4 aromatic rings. The van der Waals surface area contributed by atoms with Crippen LogP contribution in [0.25, 0.3) is 0 Å². The zero-order valence-corrected chi connectivity index (χ0v) is 26.4. The molecule has 1 atom stereocenters. The third-order valence-corrected chi connectivity index (χ3v) is 12.3. The Kier molecular flexibility index (Phi) is 9.16. The average molecular weight is 645 g/mol. The van der Waals surface area contributed by atoms with E-state index in [1.165, 1.54) is 32.9 Å². The number of nitrogens with zero attached hydrogens (tertiary/aromatic N) is 4. The van der Waals surface area contributed by atoms with Crippen LogP contribution in [-0.2, 0) is 24.8 Å². The van der Waals surface area contributed by atoms with E-state index in [1.807, 2.05) is 36.4 Å². The van der Waals surface area contributed by atoms with Gasteiger partial charge in [0, 0.05) is 45.8 Å². The van der Waals surface area contributed by atoms with Gasteiger partial charge in [-0.1, -0.05) is 97.1 Å². The van der Waals surface area contributed by atoms with Crippen molar-refractivity contribution in [1.29, 1.82) is 0 Å². The maximum absolute atomic E-state index is 14.2. The van der Waals surface area contributed by atoms with Crippen molar-refractivity contribution in [3.8, 4) is 0 Å². The monoisotopic (exact) mass is 644 g/mol. The van der Waals surface area contributed by atoms with Crippen molar-refractivity contribution in [3.05, 3.63) is 132 Å². The first-order valence-corrected chi connectivity index (χ1v) is 17.9. The summed E-state index contributed by atoms with van der Waals surface area (Å²) in [6, 6.07) is 35.3. The topological polar surface area (TPSA) is 98.3 Å². The van der Waals surface area contributed by atoms with Gasteiger partial charge in [-0.3, -0.25) is 9.69 Å². The largest absolute Gasteiger partial charge is 0.339 e. The predicted octanol–water partition coefficient (Wildman–Crippen LogP) is 3.68. The van der Waals surface area contributed by atoms with Crippen LogP contribution in [0.15, 0.2) is 131 Å². The fraction of sp³-hybridized carbons (Fsp3) is 0.265. The van der Waals surface area contributed by atoms with Crippen molar-refractivity contribution in [1.82, 2.24) is 18.4 Å². The van der Waals surface area contributed by atoms with Crippen molar-refractivity contribution in [2.75, 3.05) is 45.8 Å². The van der Waals surface area contributed by atoms with Gasteiger partial charge in [-0.2, -0.15) is 8.61 Å². The highest BCUT2D eigenvalue weighted by Crippen LogP contribution is 2.31. The highest BCUT2D eigenvalue weighted by molar-refractivity contribution is 7.89. The Morgan fingerprint density at radius 2 is 1.00 bits per heavy atom. The first kappa shape index (κ1) is 31.1. The van der Waals surface area contributed by atoms with Gasteiger partial charge in [-0.05, 0) is 35.4 Å². The molecule has 45 heavy (non-hydrogen) atoms. The zero-order chi connectivity index (χ0) is 31.4. The van der Waals surface area contributed by atoms with Crippen LogP contribution in [0.1, 0.15) is 17.2 Å². The van der Waals surface area contributed by atoms with Crippen LogP contribution >= 0.6 is 0 Å². The summed E-state index contributed by atoms with van der Waals surface area (Å²) in [4.78, 5) is 18.4. The lowest BCUT2D eigenvalue weighted by molar-refractivity contribution is -0.138. The Bertz CT molecular complexity index is 1760. The van der Waals surface area contributed by atoms with E-state index in [2.05, 4.69) is 29.2 Å². The highest BCUT2D eigenvalue weighted by atomic mass is 32.2. The summed E-state index contributed by atoms with van der Waals surface area (Å²) >= 11 is 0. The zero-order valence-electron chi connectivity index (χ0n) is 24.8. The van der Waals surface area contributed by atoms with E-state index >= 15 is 0 Å². The molecule has 2 aliphatic heterocycles. The number of benzene rings is 4. The lowest BCUT2D eigenvalue weighted by atomic mass is 9.96. The Balaban J connectivity index is 1.26. The fourth-order valence-electron chi connectivity index (χ4n) is 6.21. The van der Waals surface area contributed by atoms with Crippen molar-refractivity contribution in [2.24, 2.45) is 0 Å². The summed E-state index contributed by atoms with van der Waals surface area (Å²) in [6.45, 7) is 1.46. The van der Waals surface area contributed by atoms with E-state index in [4.69, 9.17) is 0 Å². The van der Waals surface area contributed by atoms with Crippen LogP contribution in [0, 0.1) is 0 Å². The number of sulfonamides is 2. The fourth-order valence-corrected chi connectivity index (χ4v) is 9.26. The Morgan fingerprint density at radius 3 is 1.49 bits per heavy atom. The summed E-state index contributed by atoms with van der Waals surface area (Å²) in [6.07, 6.45) is 0. The van der Waals surface area contributed by atoms with Gasteiger partial charge in [0.2, 0.25) is 26.0 Å². The van der Waals surface area contributed by atoms with Crippen LogP contribution in [0.4, 0.5) is 0 Å². The predicted molar refractivity (Wildman–Crippen MR) is 172 cm³/mol. The maximum Gasteiger partial charge on any atom is 0.243 e. The van der Waals surface area contributed by atoms with Crippen LogP contribution in [0.5, 0.6) is 0 Å². The summed E-state index contributed by atoms with van der Waals surface area (Å²) in [5, 5.41) is 0. The number of carbonyl (C=O) groups is 1. The molecule has 6 rings (SSSR count). The number of rotatable bonds is 8. The Labute approximate surface area is 265 Å². The molecule has 0 radical (unpaired) electrons. The van der Waals surface area contributed by atoms with Gasteiger partial charge in [-0.15, -0.1) is 0 Å². The van der Waals surface area contributed by atoms with E-state index in [0.717, 1.165) is 11.1 Å². The average Bonchev–Trinajstić information content (AvgIpc) is 3.10. The molecule has 4 aromatic carbocycles. The molecule has 0 bridgehead atoms. The van der Waals surface area contributed by atoms with E-state index in [9.17, 15) is 21.6 Å². The minimum Gasteiger partial charge on any atom is -0.339 e. The van der Waals surface area contributed by atoms with Crippen molar-refractivity contribution in [3.63, 3.8) is 0 Å². The minimum absolute atomic E-state index is 0.000737. The van der Waals surface area contributed by atoms with Crippen molar-refractivity contribution in [2.45, 2.75) is 21.9 Å². The highest BCUT2D eigenvalue weighted by Gasteiger charge is 2.45. The molecule has 0 aliphatic carbocycles. The van der Waals surface area contributed by atoms with Gasteiger partial charge in [0.15, 0.2) is 0 Å². The van der Waals surface area contributed by atoms with Gasteiger partial charge in [0.05, 0.1) is 15.8 Å². The second-order valence-corrected chi connectivity index (χ2v) is 15.0. The third kappa shape index (κ3) is 6.45. The molecule has 2 saturated heterocycles. The molecule has 0 unspecified atom stereocenters. The molecular formula is C34H36N4O5S2. The lowest BCUT2D eigenvalue weighted by Crippen LogP contribution is -2.63. The van der Waals surface area contributed by atoms with Crippen LogP contribution < -0.4 is 0 Å². The molecule has 2 heterocycles.